The van der Waals surface area contributed by atoms with Gasteiger partial charge in [0.25, 0.3) is 5.91 Å². The number of hydrogen-bond acceptors (Lipinski definition) is 2. The normalized spacial score (nSPS) is 10.5. The summed E-state index contributed by atoms with van der Waals surface area (Å²) in [6, 6.07) is 5.25. The minimum absolute atomic E-state index is 0.308. The molecule has 0 bridgehead atoms. The second-order valence-electron chi connectivity index (χ2n) is 3.99. The monoisotopic (exact) mass is 345 g/mol. The van der Waals surface area contributed by atoms with Crippen molar-refractivity contribution in [2.24, 2.45) is 0 Å². The van der Waals surface area contributed by atoms with Crippen molar-refractivity contribution in [2.45, 2.75) is 6.54 Å². The molecule has 1 heterocycles. The maximum atomic E-state index is 13.5. The fourth-order valence-corrected chi connectivity index (χ4v) is 3.14. The molecule has 2 nitrogen and oxygen atoms in total. The van der Waals surface area contributed by atoms with Gasteiger partial charge in [-0.3, -0.25) is 4.79 Å². The van der Waals surface area contributed by atoms with Crippen molar-refractivity contribution in [1.82, 2.24) is 4.90 Å². The number of rotatable bonds is 3. The van der Waals surface area contributed by atoms with E-state index in [-0.39, 0.29) is 0 Å². The maximum Gasteiger partial charge on any atom is 0.259 e. The summed E-state index contributed by atoms with van der Waals surface area (Å²) in [4.78, 5) is 14.3. The largest absolute Gasteiger partial charge is 0.336 e. The van der Waals surface area contributed by atoms with Crippen LogP contribution in [0.2, 0.25) is 0 Å². The Labute approximate surface area is 121 Å². The molecule has 0 N–H and O–H groups in total. The molecule has 0 aliphatic rings. The first-order valence-corrected chi connectivity index (χ1v) is 7.08. The Morgan fingerprint density at radius 3 is 2.53 bits per heavy atom. The van der Waals surface area contributed by atoms with E-state index in [1.54, 1.807) is 0 Å². The number of carbonyl (C=O) groups is 1. The Morgan fingerprint density at radius 1 is 1.37 bits per heavy atom. The lowest BCUT2D eigenvalue weighted by Gasteiger charge is -2.17. The number of thiophene rings is 1. The molecule has 0 radical (unpaired) electrons. The van der Waals surface area contributed by atoms with Crippen molar-refractivity contribution in [3.05, 3.63) is 56.2 Å². The van der Waals surface area contributed by atoms with E-state index in [1.165, 1.54) is 29.4 Å². The molecular weight excluding hydrogens is 336 g/mol. The average Bonchev–Trinajstić information content (AvgIpc) is 2.74. The number of amides is 1. The standard InChI is InChI=1S/C13H10BrF2NOS/c1-17(6-9-5-8(14)7-19-9)13(18)12-10(15)3-2-4-11(12)16/h2-5,7H,6H2,1H3. The first kappa shape index (κ1) is 14.1. The average molecular weight is 346 g/mol. The van der Waals surface area contributed by atoms with Crippen LogP contribution in [0.3, 0.4) is 0 Å². The van der Waals surface area contributed by atoms with Crippen LogP contribution < -0.4 is 0 Å². The molecule has 1 amide bonds. The quantitative estimate of drug-likeness (QED) is 0.821. The van der Waals surface area contributed by atoms with E-state index in [2.05, 4.69) is 15.9 Å². The first-order chi connectivity index (χ1) is 8.99. The molecule has 2 aromatic rings. The molecule has 0 aliphatic carbocycles. The highest BCUT2D eigenvalue weighted by atomic mass is 79.9. The summed E-state index contributed by atoms with van der Waals surface area (Å²) in [5.41, 5.74) is -0.513. The van der Waals surface area contributed by atoms with Crippen molar-refractivity contribution in [3.8, 4) is 0 Å². The highest BCUT2D eigenvalue weighted by Gasteiger charge is 2.20. The van der Waals surface area contributed by atoms with Crippen molar-refractivity contribution >= 4 is 33.2 Å². The maximum absolute atomic E-state index is 13.5. The molecule has 0 saturated heterocycles. The molecule has 100 valence electrons. The highest BCUT2D eigenvalue weighted by Crippen LogP contribution is 2.22. The van der Waals surface area contributed by atoms with Gasteiger partial charge in [-0.25, -0.2) is 8.78 Å². The molecule has 0 atom stereocenters. The Morgan fingerprint density at radius 2 is 2.00 bits per heavy atom. The molecule has 1 aromatic heterocycles. The lowest BCUT2D eigenvalue weighted by molar-refractivity contribution is 0.0776. The molecule has 0 aliphatic heterocycles. The van der Waals surface area contributed by atoms with Gasteiger partial charge in [0, 0.05) is 21.8 Å². The summed E-state index contributed by atoms with van der Waals surface area (Å²) < 4.78 is 27.9. The van der Waals surface area contributed by atoms with Crippen LogP contribution >= 0.6 is 27.3 Å². The third kappa shape index (κ3) is 3.19. The predicted molar refractivity (Wildman–Crippen MR) is 74.2 cm³/mol. The smallest absolute Gasteiger partial charge is 0.259 e. The zero-order valence-corrected chi connectivity index (χ0v) is 12.4. The molecule has 0 fully saturated rings. The minimum Gasteiger partial charge on any atom is -0.336 e. The summed E-state index contributed by atoms with van der Waals surface area (Å²) in [6.45, 7) is 0.308. The topological polar surface area (TPSA) is 20.3 Å². The summed E-state index contributed by atoms with van der Waals surface area (Å²) in [5, 5.41) is 1.89. The molecule has 1 aromatic carbocycles. The van der Waals surface area contributed by atoms with Crippen LogP contribution in [0.5, 0.6) is 0 Å². The minimum atomic E-state index is -0.843. The van der Waals surface area contributed by atoms with Crippen LogP contribution in [0.15, 0.2) is 34.1 Å². The van der Waals surface area contributed by atoms with Crippen molar-refractivity contribution in [2.75, 3.05) is 7.05 Å². The van der Waals surface area contributed by atoms with E-state index in [9.17, 15) is 13.6 Å². The van der Waals surface area contributed by atoms with E-state index in [0.717, 1.165) is 21.5 Å². The Balaban J connectivity index is 2.19. The third-order valence-corrected chi connectivity index (χ3v) is 4.22. The van der Waals surface area contributed by atoms with Gasteiger partial charge < -0.3 is 4.90 Å². The summed E-state index contributed by atoms with van der Waals surface area (Å²) in [6.07, 6.45) is 0. The lowest BCUT2D eigenvalue weighted by atomic mass is 10.1. The summed E-state index contributed by atoms with van der Waals surface area (Å²) >= 11 is 4.78. The number of nitrogens with zero attached hydrogens (tertiary/aromatic N) is 1. The van der Waals surface area contributed by atoms with E-state index in [1.807, 2.05) is 11.4 Å². The molecule has 0 spiro atoms. The molecular formula is C13H10BrF2NOS. The number of carbonyl (C=O) groups excluding carboxylic acids is 1. The lowest BCUT2D eigenvalue weighted by Crippen LogP contribution is -2.27. The van der Waals surface area contributed by atoms with Gasteiger partial charge >= 0.3 is 0 Å². The van der Waals surface area contributed by atoms with E-state index in [0.29, 0.717) is 6.54 Å². The number of hydrogen-bond donors (Lipinski definition) is 0. The van der Waals surface area contributed by atoms with Gasteiger partial charge in [-0.2, -0.15) is 0 Å². The Hall–Kier alpha value is -1.27. The fraction of sp³-hybridized carbons (Fsp3) is 0.154. The van der Waals surface area contributed by atoms with Crippen LogP contribution in [0, 0.1) is 11.6 Å². The second-order valence-corrected chi connectivity index (χ2v) is 5.90. The molecule has 6 heteroatoms. The predicted octanol–water partition coefficient (Wildman–Crippen LogP) is 4.06. The summed E-state index contributed by atoms with van der Waals surface area (Å²) in [5.74, 6) is -2.35. The van der Waals surface area contributed by atoms with Gasteiger partial charge in [-0.15, -0.1) is 11.3 Å². The van der Waals surface area contributed by atoms with Crippen molar-refractivity contribution in [1.29, 1.82) is 0 Å². The van der Waals surface area contributed by atoms with E-state index < -0.39 is 23.1 Å². The van der Waals surface area contributed by atoms with Crippen molar-refractivity contribution < 1.29 is 13.6 Å². The molecule has 0 unspecified atom stereocenters. The van der Waals surface area contributed by atoms with Crippen LogP contribution in [0.25, 0.3) is 0 Å². The van der Waals surface area contributed by atoms with Crippen LogP contribution in [-0.4, -0.2) is 17.9 Å². The van der Waals surface area contributed by atoms with E-state index >= 15 is 0 Å². The van der Waals surface area contributed by atoms with Gasteiger partial charge in [0.05, 0.1) is 6.54 Å². The fourth-order valence-electron chi connectivity index (χ4n) is 1.64. The first-order valence-electron chi connectivity index (χ1n) is 5.41. The highest BCUT2D eigenvalue weighted by molar-refractivity contribution is 9.10. The van der Waals surface area contributed by atoms with Gasteiger partial charge in [-0.05, 0) is 34.1 Å². The van der Waals surface area contributed by atoms with Crippen LogP contribution in [-0.2, 0) is 6.54 Å². The number of halogens is 3. The number of benzene rings is 1. The van der Waals surface area contributed by atoms with Gasteiger partial charge in [0.1, 0.15) is 17.2 Å². The molecule has 2 rings (SSSR count). The zero-order valence-electron chi connectivity index (χ0n) is 9.99. The van der Waals surface area contributed by atoms with Crippen LogP contribution in [0.1, 0.15) is 15.2 Å². The second kappa shape index (κ2) is 5.79. The van der Waals surface area contributed by atoms with E-state index in [4.69, 9.17) is 0 Å². The Kier molecular flexibility index (Phi) is 4.31. The van der Waals surface area contributed by atoms with Crippen LogP contribution in [0.4, 0.5) is 8.78 Å². The zero-order chi connectivity index (χ0) is 14.0. The van der Waals surface area contributed by atoms with Gasteiger partial charge in [0.2, 0.25) is 0 Å². The van der Waals surface area contributed by atoms with Gasteiger partial charge in [-0.1, -0.05) is 6.07 Å². The van der Waals surface area contributed by atoms with Crippen molar-refractivity contribution in [3.63, 3.8) is 0 Å². The third-order valence-electron chi connectivity index (χ3n) is 2.54. The SMILES string of the molecule is CN(Cc1cc(Br)cs1)C(=O)c1c(F)cccc1F. The summed E-state index contributed by atoms with van der Waals surface area (Å²) in [7, 11) is 1.52. The Bertz CT molecular complexity index is 594. The molecule has 19 heavy (non-hydrogen) atoms. The molecule has 0 saturated carbocycles. The van der Waals surface area contributed by atoms with Gasteiger partial charge in [0.15, 0.2) is 0 Å².